The Morgan fingerprint density at radius 1 is 1.04 bits per heavy atom. The summed E-state index contributed by atoms with van der Waals surface area (Å²) in [5, 5.41) is 3.48. The molecule has 0 aromatic rings. The van der Waals surface area contributed by atoms with Crippen LogP contribution in [0.15, 0.2) is 0 Å². The second-order valence-corrected chi connectivity index (χ2v) is 6.86. The molecule has 0 radical (unpaired) electrons. The number of rotatable bonds is 4. The van der Waals surface area contributed by atoms with E-state index in [1.165, 1.54) is 19.3 Å². The molecule has 6 nitrogen and oxygen atoms in total. The van der Waals surface area contributed by atoms with Gasteiger partial charge in [0.25, 0.3) is 0 Å². The molecule has 6 heteroatoms. The van der Waals surface area contributed by atoms with Crippen LogP contribution in [0.4, 0.5) is 4.79 Å². The lowest BCUT2D eigenvalue weighted by atomic mass is 9.79. The highest BCUT2D eigenvalue weighted by atomic mass is 16.6. The molecule has 0 bridgehead atoms. The van der Waals surface area contributed by atoms with Crippen molar-refractivity contribution in [2.45, 2.75) is 46.1 Å². The van der Waals surface area contributed by atoms with E-state index in [9.17, 15) is 9.59 Å². The van der Waals surface area contributed by atoms with Gasteiger partial charge in [-0.2, -0.15) is 0 Å². The summed E-state index contributed by atoms with van der Waals surface area (Å²) in [6.45, 7) is 9.44. The van der Waals surface area contributed by atoms with Crippen LogP contribution < -0.4 is 5.32 Å². The third-order valence-electron chi connectivity index (χ3n) is 5.19. The van der Waals surface area contributed by atoms with Gasteiger partial charge in [-0.1, -0.05) is 20.3 Å². The van der Waals surface area contributed by atoms with Crippen LogP contribution in [-0.4, -0.2) is 67.2 Å². The Labute approximate surface area is 139 Å². The van der Waals surface area contributed by atoms with Gasteiger partial charge in [-0.3, -0.25) is 4.79 Å². The molecule has 2 rings (SSSR count). The molecule has 132 valence electrons. The first-order valence-electron chi connectivity index (χ1n) is 8.95. The van der Waals surface area contributed by atoms with Crippen molar-refractivity contribution in [1.29, 1.82) is 0 Å². The molecule has 2 aliphatic rings. The van der Waals surface area contributed by atoms with E-state index in [0.29, 0.717) is 57.2 Å². The van der Waals surface area contributed by atoms with E-state index >= 15 is 0 Å². The summed E-state index contributed by atoms with van der Waals surface area (Å²) in [6.07, 6.45) is 3.51. The molecular formula is C17H31N3O3. The molecule has 0 aromatic carbocycles. The number of amides is 2. The van der Waals surface area contributed by atoms with Crippen LogP contribution in [0.2, 0.25) is 0 Å². The number of ether oxygens (including phenoxy) is 1. The molecule has 3 atom stereocenters. The van der Waals surface area contributed by atoms with Gasteiger partial charge in [0.1, 0.15) is 0 Å². The van der Waals surface area contributed by atoms with Crippen molar-refractivity contribution in [2.75, 3.05) is 39.3 Å². The van der Waals surface area contributed by atoms with E-state index in [1.807, 2.05) is 4.90 Å². The monoisotopic (exact) mass is 325 g/mol. The highest BCUT2D eigenvalue weighted by Gasteiger charge is 2.29. The standard InChI is InChI=1S/C17H31N3O3/c1-4-23-17(22)20-10-8-19(9-11-20)15(21)12-18-16-13(2)6-5-7-14(16)3/h13-14,16,18H,4-12H2,1-3H3/t13-,14+,16?. The van der Waals surface area contributed by atoms with Gasteiger partial charge in [0, 0.05) is 32.2 Å². The van der Waals surface area contributed by atoms with Crippen molar-refractivity contribution in [3.63, 3.8) is 0 Å². The van der Waals surface area contributed by atoms with Gasteiger partial charge < -0.3 is 19.9 Å². The van der Waals surface area contributed by atoms with E-state index in [2.05, 4.69) is 19.2 Å². The lowest BCUT2D eigenvalue weighted by Crippen LogP contribution is -2.54. The van der Waals surface area contributed by atoms with Gasteiger partial charge in [0.2, 0.25) is 5.91 Å². The molecule has 1 unspecified atom stereocenters. The molecule has 1 heterocycles. The predicted molar refractivity (Wildman–Crippen MR) is 89.1 cm³/mol. The molecule has 2 amide bonds. The summed E-state index contributed by atoms with van der Waals surface area (Å²) in [5.41, 5.74) is 0. The molecule has 1 saturated heterocycles. The fourth-order valence-corrected chi connectivity index (χ4v) is 3.75. The van der Waals surface area contributed by atoms with Crippen LogP contribution in [0.25, 0.3) is 0 Å². The van der Waals surface area contributed by atoms with Gasteiger partial charge in [-0.15, -0.1) is 0 Å². The van der Waals surface area contributed by atoms with E-state index in [1.54, 1.807) is 11.8 Å². The van der Waals surface area contributed by atoms with Gasteiger partial charge in [-0.25, -0.2) is 4.79 Å². The predicted octanol–water partition coefficient (Wildman–Crippen LogP) is 1.70. The first-order valence-corrected chi connectivity index (χ1v) is 8.95. The molecular weight excluding hydrogens is 294 g/mol. The molecule has 0 aromatic heterocycles. The Kier molecular flexibility index (Phi) is 6.69. The topological polar surface area (TPSA) is 61.9 Å². The fourth-order valence-electron chi connectivity index (χ4n) is 3.75. The summed E-state index contributed by atoms with van der Waals surface area (Å²) >= 11 is 0. The van der Waals surface area contributed by atoms with E-state index in [0.717, 1.165) is 0 Å². The Hall–Kier alpha value is -1.30. The number of piperazine rings is 1. The van der Waals surface area contributed by atoms with Gasteiger partial charge in [0.05, 0.1) is 13.2 Å². The van der Waals surface area contributed by atoms with Crippen LogP contribution in [0, 0.1) is 11.8 Å². The molecule has 1 aliphatic carbocycles. The third kappa shape index (κ3) is 4.83. The second-order valence-electron chi connectivity index (χ2n) is 6.86. The Bertz CT molecular complexity index is 398. The van der Waals surface area contributed by atoms with Crippen molar-refractivity contribution in [3.05, 3.63) is 0 Å². The lowest BCUT2D eigenvalue weighted by Gasteiger charge is -2.37. The number of nitrogens with one attached hydrogen (secondary N) is 1. The molecule has 1 N–H and O–H groups in total. The first kappa shape index (κ1) is 18.0. The molecule has 1 saturated carbocycles. The fraction of sp³-hybridized carbons (Fsp3) is 0.882. The SMILES string of the molecule is CCOC(=O)N1CCN(C(=O)CNC2[C@H](C)CCC[C@@H]2C)CC1. The minimum absolute atomic E-state index is 0.137. The molecule has 2 fully saturated rings. The second kappa shape index (κ2) is 8.52. The maximum atomic E-state index is 12.4. The number of carbonyl (C=O) groups excluding carboxylic acids is 2. The van der Waals surface area contributed by atoms with Crippen molar-refractivity contribution >= 4 is 12.0 Å². The molecule has 23 heavy (non-hydrogen) atoms. The minimum atomic E-state index is -0.275. The average Bonchev–Trinajstić information content (AvgIpc) is 2.54. The number of carbonyl (C=O) groups is 2. The lowest BCUT2D eigenvalue weighted by molar-refractivity contribution is -0.132. The zero-order chi connectivity index (χ0) is 16.8. The van der Waals surface area contributed by atoms with Crippen molar-refractivity contribution in [1.82, 2.24) is 15.1 Å². The van der Waals surface area contributed by atoms with Crippen LogP contribution in [0.1, 0.15) is 40.0 Å². The third-order valence-corrected chi connectivity index (χ3v) is 5.19. The van der Waals surface area contributed by atoms with Crippen molar-refractivity contribution in [2.24, 2.45) is 11.8 Å². The van der Waals surface area contributed by atoms with Gasteiger partial charge >= 0.3 is 6.09 Å². The quantitative estimate of drug-likeness (QED) is 0.854. The van der Waals surface area contributed by atoms with Gasteiger partial charge in [-0.05, 0) is 31.6 Å². The zero-order valence-corrected chi connectivity index (χ0v) is 14.7. The summed E-state index contributed by atoms with van der Waals surface area (Å²) in [5.74, 6) is 1.40. The Balaban J connectivity index is 1.73. The van der Waals surface area contributed by atoms with Gasteiger partial charge in [0.15, 0.2) is 0 Å². The maximum Gasteiger partial charge on any atom is 0.409 e. The Morgan fingerprint density at radius 2 is 1.61 bits per heavy atom. The molecule has 1 aliphatic heterocycles. The largest absolute Gasteiger partial charge is 0.450 e. The number of nitrogens with zero attached hydrogens (tertiary/aromatic N) is 2. The number of hydrogen-bond donors (Lipinski definition) is 1. The Morgan fingerprint density at radius 3 is 2.17 bits per heavy atom. The van der Waals surface area contributed by atoms with Crippen LogP contribution in [0.3, 0.4) is 0 Å². The zero-order valence-electron chi connectivity index (χ0n) is 14.7. The number of hydrogen-bond acceptors (Lipinski definition) is 4. The van der Waals surface area contributed by atoms with E-state index in [4.69, 9.17) is 4.74 Å². The smallest absolute Gasteiger partial charge is 0.409 e. The summed E-state index contributed by atoms with van der Waals surface area (Å²) in [7, 11) is 0. The summed E-state index contributed by atoms with van der Waals surface area (Å²) in [4.78, 5) is 27.6. The van der Waals surface area contributed by atoms with Crippen LogP contribution in [0.5, 0.6) is 0 Å². The summed E-state index contributed by atoms with van der Waals surface area (Å²) in [6, 6.07) is 0.438. The maximum absolute atomic E-state index is 12.4. The van der Waals surface area contributed by atoms with Crippen molar-refractivity contribution in [3.8, 4) is 0 Å². The normalized spacial score (nSPS) is 28.6. The van der Waals surface area contributed by atoms with Crippen LogP contribution in [-0.2, 0) is 9.53 Å². The highest BCUT2D eigenvalue weighted by Crippen LogP contribution is 2.28. The minimum Gasteiger partial charge on any atom is -0.450 e. The molecule has 0 spiro atoms. The van der Waals surface area contributed by atoms with Crippen LogP contribution >= 0.6 is 0 Å². The van der Waals surface area contributed by atoms with E-state index < -0.39 is 0 Å². The average molecular weight is 325 g/mol. The highest BCUT2D eigenvalue weighted by molar-refractivity contribution is 5.78. The van der Waals surface area contributed by atoms with Crippen molar-refractivity contribution < 1.29 is 14.3 Å². The first-order chi connectivity index (χ1) is 11.0. The van der Waals surface area contributed by atoms with E-state index in [-0.39, 0.29) is 12.0 Å². The summed E-state index contributed by atoms with van der Waals surface area (Å²) < 4.78 is 5.00.